The number of aromatic nitrogens is 2. The summed E-state index contributed by atoms with van der Waals surface area (Å²) in [7, 11) is 3.48. The molecule has 1 heterocycles. The van der Waals surface area contributed by atoms with Crippen molar-refractivity contribution >= 4 is 41.1 Å². The van der Waals surface area contributed by atoms with Crippen LogP contribution in [-0.2, 0) is 9.47 Å². The zero-order valence-electron chi connectivity index (χ0n) is 26.7. The molecule has 0 spiro atoms. The van der Waals surface area contributed by atoms with Crippen molar-refractivity contribution in [2.45, 2.75) is 105 Å². The molecule has 1 aromatic heterocycles. The van der Waals surface area contributed by atoms with Crippen LogP contribution in [0.2, 0.25) is 0 Å². The normalized spacial score (nSPS) is 14.2. The Morgan fingerprint density at radius 3 is 1.98 bits per heavy atom. The van der Waals surface area contributed by atoms with Crippen LogP contribution in [0.1, 0.15) is 107 Å². The number of nitrogens with zero attached hydrogens (tertiary/aromatic N) is 4. The number of nitrogens with one attached hydrogen (secondary N) is 1. The number of benzene rings is 1. The fourth-order valence-corrected chi connectivity index (χ4v) is 5.07. The number of carbonyl (C=O) groups excluding carboxylic acids is 3. The van der Waals surface area contributed by atoms with Crippen molar-refractivity contribution in [2.24, 2.45) is 0 Å². The molecule has 0 atom stereocenters. The highest BCUT2D eigenvalue weighted by atomic mass is 16.6. The number of hydrogen-bond donors (Lipinski definition) is 2. The first kappa shape index (κ1) is 32.6. The van der Waals surface area contributed by atoms with E-state index in [1.165, 1.54) is 12.7 Å². The summed E-state index contributed by atoms with van der Waals surface area (Å²) in [6.45, 7) is 13.8. The summed E-state index contributed by atoms with van der Waals surface area (Å²) in [5.74, 6) is 0.426. The largest absolute Gasteiger partial charge is 0.443 e. The van der Waals surface area contributed by atoms with Crippen LogP contribution < -0.4 is 16.0 Å². The van der Waals surface area contributed by atoms with Gasteiger partial charge in [0.05, 0.1) is 11.4 Å². The molecule has 1 saturated carbocycles. The van der Waals surface area contributed by atoms with Gasteiger partial charge >= 0.3 is 12.2 Å². The van der Waals surface area contributed by atoms with Gasteiger partial charge in [-0.25, -0.2) is 19.6 Å². The molecule has 1 aliphatic carbocycles. The van der Waals surface area contributed by atoms with E-state index in [1.807, 2.05) is 13.0 Å². The van der Waals surface area contributed by atoms with Gasteiger partial charge in [0.15, 0.2) is 5.82 Å². The number of imide groups is 1. The van der Waals surface area contributed by atoms with E-state index in [2.05, 4.69) is 15.3 Å². The SMILES string of the molecule is Cc1cc(Nc2ncnc(N(C(=O)OC(C)(C)C)C(=O)OC(C)(C)C)c2C)c(N)c(C2CCCCC2)c1C(=O)N(C)C. The van der Waals surface area contributed by atoms with Crippen LogP contribution in [0.15, 0.2) is 12.4 Å². The number of aryl methyl sites for hydroxylation is 1. The first-order chi connectivity index (χ1) is 19.4. The third kappa shape index (κ3) is 7.68. The Hall–Kier alpha value is -3.89. The Morgan fingerprint density at radius 2 is 1.48 bits per heavy atom. The molecule has 0 radical (unpaired) electrons. The standard InChI is InChI=1S/C31H46N6O5/c1-18-16-21(24(32)23(20-14-12-11-13-15-20)22(18)27(38)36(9)10)35-25-19(2)26(34-17-33-25)37(28(39)41-30(3,4)5)29(40)42-31(6,7)8/h16-17,20H,11-15,32H2,1-10H3,(H,33,34,35). The van der Waals surface area contributed by atoms with E-state index in [0.29, 0.717) is 28.3 Å². The molecule has 0 saturated heterocycles. The summed E-state index contributed by atoms with van der Waals surface area (Å²) in [5, 5.41) is 3.29. The van der Waals surface area contributed by atoms with E-state index in [0.717, 1.165) is 41.7 Å². The lowest BCUT2D eigenvalue weighted by molar-refractivity contribution is 0.0428. The molecule has 42 heavy (non-hydrogen) atoms. The molecule has 3 N–H and O–H groups in total. The Labute approximate surface area is 249 Å². The summed E-state index contributed by atoms with van der Waals surface area (Å²) < 4.78 is 11.1. The Bertz CT molecular complexity index is 1310. The summed E-state index contributed by atoms with van der Waals surface area (Å²) in [6.07, 6.45) is 4.64. The van der Waals surface area contributed by atoms with Gasteiger partial charge in [-0.2, -0.15) is 4.90 Å². The number of amides is 3. The van der Waals surface area contributed by atoms with Crippen LogP contribution in [0, 0.1) is 13.8 Å². The van der Waals surface area contributed by atoms with Crippen molar-refractivity contribution < 1.29 is 23.9 Å². The molecule has 1 aliphatic rings. The second-order valence-corrected chi connectivity index (χ2v) is 13.1. The smallest absolute Gasteiger partial charge is 0.425 e. The maximum atomic E-state index is 13.3. The van der Waals surface area contributed by atoms with Crippen molar-refractivity contribution in [1.29, 1.82) is 0 Å². The van der Waals surface area contributed by atoms with E-state index in [-0.39, 0.29) is 17.6 Å². The van der Waals surface area contributed by atoms with Gasteiger partial charge in [-0.15, -0.1) is 0 Å². The molecule has 3 rings (SSSR count). The van der Waals surface area contributed by atoms with Crippen LogP contribution >= 0.6 is 0 Å². The lowest BCUT2D eigenvalue weighted by atomic mass is 9.79. The fourth-order valence-electron chi connectivity index (χ4n) is 5.07. The Morgan fingerprint density at radius 1 is 0.929 bits per heavy atom. The number of hydrogen-bond acceptors (Lipinski definition) is 9. The van der Waals surface area contributed by atoms with Gasteiger partial charge in [0.25, 0.3) is 5.91 Å². The maximum absolute atomic E-state index is 13.3. The van der Waals surface area contributed by atoms with Crippen molar-refractivity contribution in [1.82, 2.24) is 14.9 Å². The minimum Gasteiger partial charge on any atom is -0.443 e. The van der Waals surface area contributed by atoms with Gasteiger partial charge in [0.2, 0.25) is 0 Å². The quantitative estimate of drug-likeness (QED) is 0.362. The third-order valence-electron chi connectivity index (χ3n) is 6.91. The predicted octanol–water partition coefficient (Wildman–Crippen LogP) is 6.85. The zero-order chi connectivity index (χ0) is 31.6. The highest BCUT2D eigenvalue weighted by Gasteiger charge is 2.35. The lowest BCUT2D eigenvalue weighted by Crippen LogP contribution is -2.44. The van der Waals surface area contributed by atoms with Gasteiger partial charge in [-0.3, -0.25) is 4.79 Å². The molecule has 1 aromatic carbocycles. The molecular formula is C31H46N6O5. The van der Waals surface area contributed by atoms with Gasteiger partial charge in [-0.1, -0.05) is 19.3 Å². The number of ether oxygens (including phenoxy) is 2. The maximum Gasteiger partial charge on any atom is 0.425 e. The summed E-state index contributed by atoms with van der Waals surface area (Å²) in [6, 6.07) is 1.83. The molecular weight excluding hydrogens is 536 g/mol. The summed E-state index contributed by atoms with van der Waals surface area (Å²) in [4.78, 5) is 50.8. The van der Waals surface area contributed by atoms with Gasteiger partial charge < -0.3 is 25.4 Å². The van der Waals surface area contributed by atoms with Crippen LogP contribution in [-0.4, -0.2) is 58.3 Å². The monoisotopic (exact) mass is 582 g/mol. The molecule has 0 bridgehead atoms. The highest BCUT2D eigenvalue weighted by molar-refractivity contribution is 6.09. The Kier molecular flexibility index (Phi) is 9.74. The van der Waals surface area contributed by atoms with Crippen molar-refractivity contribution in [3.05, 3.63) is 34.6 Å². The highest BCUT2D eigenvalue weighted by Crippen LogP contribution is 2.43. The summed E-state index contributed by atoms with van der Waals surface area (Å²) >= 11 is 0. The van der Waals surface area contributed by atoms with Crippen molar-refractivity contribution in [3.8, 4) is 0 Å². The van der Waals surface area contributed by atoms with Gasteiger partial charge in [0, 0.05) is 25.2 Å². The minimum absolute atomic E-state index is 0.0122. The first-order valence-electron chi connectivity index (χ1n) is 14.4. The lowest BCUT2D eigenvalue weighted by Gasteiger charge is -2.29. The van der Waals surface area contributed by atoms with Crippen LogP contribution in [0.4, 0.5) is 32.6 Å². The second-order valence-electron chi connectivity index (χ2n) is 13.1. The number of carbonyl (C=O) groups is 3. The van der Waals surface area contributed by atoms with Crippen molar-refractivity contribution in [2.75, 3.05) is 30.0 Å². The average Bonchev–Trinajstić information content (AvgIpc) is 2.86. The minimum atomic E-state index is -0.925. The van der Waals surface area contributed by atoms with E-state index >= 15 is 0 Å². The van der Waals surface area contributed by atoms with Crippen LogP contribution in [0.5, 0.6) is 0 Å². The molecule has 1 fully saturated rings. The average molecular weight is 583 g/mol. The molecule has 230 valence electrons. The molecule has 0 aliphatic heterocycles. The molecule has 3 amide bonds. The van der Waals surface area contributed by atoms with Gasteiger partial charge in [-0.05, 0) is 91.3 Å². The summed E-state index contributed by atoms with van der Waals surface area (Å²) in [5.41, 5.74) is 8.83. The van der Waals surface area contributed by atoms with Crippen LogP contribution in [0.25, 0.3) is 0 Å². The molecule has 11 nitrogen and oxygen atoms in total. The van der Waals surface area contributed by atoms with Gasteiger partial charge in [0.1, 0.15) is 23.3 Å². The topological polar surface area (TPSA) is 140 Å². The fraction of sp³-hybridized carbons (Fsp3) is 0.581. The van der Waals surface area contributed by atoms with E-state index in [9.17, 15) is 14.4 Å². The zero-order valence-corrected chi connectivity index (χ0v) is 26.7. The number of nitrogens with two attached hydrogens (primary N) is 1. The van der Waals surface area contributed by atoms with E-state index in [1.54, 1.807) is 67.5 Å². The number of nitrogen functional groups attached to an aromatic ring is 1. The first-order valence-corrected chi connectivity index (χ1v) is 14.4. The van der Waals surface area contributed by atoms with Crippen LogP contribution in [0.3, 0.4) is 0 Å². The van der Waals surface area contributed by atoms with Crippen molar-refractivity contribution in [3.63, 3.8) is 0 Å². The van der Waals surface area contributed by atoms with E-state index in [4.69, 9.17) is 15.2 Å². The third-order valence-corrected chi connectivity index (χ3v) is 6.91. The number of anilines is 4. The Balaban J connectivity index is 2.12. The second kappa shape index (κ2) is 12.5. The molecule has 2 aromatic rings. The molecule has 0 unspecified atom stereocenters. The predicted molar refractivity (Wildman–Crippen MR) is 164 cm³/mol. The molecule has 11 heteroatoms. The van der Waals surface area contributed by atoms with E-state index < -0.39 is 23.4 Å². The number of rotatable bonds is 5.